The highest BCUT2D eigenvalue weighted by molar-refractivity contribution is 9.10. The van der Waals surface area contributed by atoms with E-state index in [0.29, 0.717) is 37.6 Å². The molecule has 0 saturated carbocycles. The Labute approximate surface area is 145 Å². The lowest BCUT2D eigenvalue weighted by Crippen LogP contribution is -2.07. The van der Waals surface area contributed by atoms with Crippen LogP contribution in [0.4, 0.5) is 0 Å². The predicted octanol–water partition coefficient (Wildman–Crippen LogP) is 3.57. The molecule has 1 aromatic heterocycles. The van der Waals surface area contributed by atoms with Crippen molar-refractivity contribution in [3.05, 3.63) is 39.6 Å². The minimum Gasteiger partial charge on any atom is -0.496 e. The number of halogens is 1. The zero-order chi connectivity index (χ0) is 17.3. The van der Waals surface area contributed by atoms with E-state index in [0.717, 1.165) is 0 Å². The van der Waals surface area contributed by atoms with Crippen molar-refractivity contribution in [2.45, 2.75) is 18.7 Å². The van der Waals surface area contributed by atoms with Crippen molar-refractivity contribution in [1.82, 2.24) is 4.98 Å². The minimum atomic E-state index is -1.20. The van der Waals surface area contributed by atoms with E-state index in [9.17, 15) is 14.1 Å². The highest BCUT2D eigenvalue weighted by atomic mass is 79.9. The number of nitrogens with zero attached hydrogens (tertiary/aromatic N) is 1. The fraction of sp³-hybridized carbons (Fsp3) is 0.250. The maximum atomic E-state index is 11.8. The summed E-state index contributed by atoms with van der Waals surface area (Å²) in [5.74, 6) is -0.586. The molecule has 0 saturated heterocycles. The molecular formula is C16H16BrNO4S. The second kappa shape index (κ2) is 6.80. The van der Waals surface area contributed by atoms with Crippen LogP contribution in [-0.4, -0.2) is 33.6 Å². The number of methoxy groups -OCH3 is 1. The zero-order valence-electron chi connectivity index (χ0n) is 13.1. The van der Waals surface area contributed by atoms with E-state index in [4.69, 9.17) is 4.74 Å². The van der Waals surface area contributed by atoms with Crippen LogP contribution in [0.1, 0.15) is 21.7 Å². The smallest absolute Gasteiger partial charge is 0.338 e. The Morgan fingerprint density at radius 3 is 2.43 bits per heavy atom. The first kappa shape index (κ1) is 17.6. The van der Waals surface area contributed by atoms with Crippen LogP contribution >= 0.6 is 15.9 Å². The normalized spacial score (nSPS) is 12.0. The molecule has 7 heteroatoms. The Morgan fingerprint density at radius 1 is 1.26 bits per heavy atom. The molecule has 0 aliphatic rings. The zero-order valence-corrected chi connectivity index (χ0v) is 15.5. The Bertz CT molecular complexity index is 820. The van der Waals surface area contributed by atoms with Crippen LogP contribution < -0.4 is 4.74 Å². The molecule has 2 rings (SSSR count). The summed E-state index contributed by atoms with van der Waals surface area (Å²) in [5, 5.41) is 9.53. The summed E-state index contributed by atoms with van der Waals surface area (Å²) in [4.78, 5) is 16.5. The van der Waals surface area contributed by atoms with Gasteiger partial charge in [-0.2, -0.15) is 0 Å². The van der Waals surface area contributed by atoms with Crippen molar-refractivity contribution in [3.8, 4) is 16.9 Å². The summed E-state index contributed by atoms with van der Waals surface area (Å²) in [6.45, 7) is 3.47. The van der Waals surface area contributed by atoms with Gasteiger partial charge in [0, 0.05) is 27.5 Å². The highest BCUT2D eigenvalue weighted by Crippen LogP contribution is 2.38. The molecule has 0 bridgehead atoms. The topological polar surface area (TPSA) is 76.5 Å². The summed E-state index contributed by atoms with van der Waals surface area (Å²) in [7, 11) is 0.301. The number of rotatable bonds is 4. The van der Waals surface area contributed by atoms with Gasteiger partial charge in [0.15, 0.2) is 0 Å². The Kier molecular flexibility index (Phi) is 5.21. The monoisotopic (exact) mass is 397 g/mol. The van der Waals surface area contributed by atoms with Crippen LogP contribution in [0.3, 0.4) is 0 Å². The largest absolute Gasteiger partial charge is 0.496 e. The lowest BCUT2D eigenvalue weighted by Gasteiger charge is -2.15. The van der Waals surface area contributed by atoms with Crippen LogP contribution in [0.2, 0.25) is 0 Å². The van der Waals surface area contributed by atoms with Crippen LogP contribution in [0.5, 0.6) is 5.75 Å². The first-order chi connectivity index (χ1) is 10.8. The molecule has 23 heavy (non-hydrogen) atoms. The van der Waals surface area contributed by atoms with E-state index >= 15 is 0 Å². The first-order valence-corrected chi connectivity index (χ1v) is 9.04. The van der Waals surface area contributed by atoms with Crippen LogP contribution in [-0.2, 0) is 10.8 Å². The standard InChI is InChI=1S/C16H16BrNO4S/c1-8-5-11(15(16(19)20)9(2)18-8)10-6-12(17)14(23(4)21)7-13(10)22-3/h5-7H,1-4H3,(H,19,20). The number of aromatic carboxylic acids is 1. The minimum absolute atomic E-state index is 0.131. The molecule has 1 atom stereocenters. The molecule has 0 fully saturated rings. The van der Waals surface area contributed by atoms with E-state index in [2.05, 4.69) is 20.9 Å². The van der Waals surface area contributed by atoms with Crippen LogP contribution in [0.25, 0.3) is 11.1 Å². The number of benzene rings is 1. The molecule has 1 unspecified atom stereocenters. The van der Waals surface area contributed by atoms with Crippen LogP contribution in [0, 0.1) is 13.8 Å². The number of aryl methyl sites for hydroxylation is 2. The van der Waals surface area contributed by atoms with Crippen molar-refractivity contribution in [3.63, 3.8) is 0 Å². The number of carboxylic acids is 1. The molecule has 0 amide bonds. The second-order valence-electron chi connectivity index (χ2n) is 5.01. The lowest BCUT2D eigenvalue weighted by molar-refractivity contribution is 0.0696. The van der Waals surface area contributed by atoms with Crippen molar-refractivity contribution in [2.75, 3.05) is 13.4 Å². The van der Waals surface area contributed by atoms with Gasteiger partial charge in [-0.1, -0.05) is 0 Å². The lowest BCUT2D eigenvalue weighted by atomic mass is 9.97. The van der Waals surface area contributed by atoms with E-state index < -0.39 is 16.8 Å². The molecule has 5 nitrogen and oxygen atoms in total. The second-order valence-corrected chi connectivity index (χ2v) is 7.22. The number of ether oxygens (including phenoxy) is 1. The summed E-state index contributed by atoms with van der Waals surface area (Å²) < 4.78 is 17.8. The molecule has 122 valence electrons. The molecule has 0 spiro atoms. The average molecular weight is 398 g/mol. The first-order valence-electron chi connectivity index (χ1n) is 6.69. The van der Waals surface area contributed by atoms with Gasteiger partial charge in [-0.25, -0.2) is 4.79 Å². The van der Waals surface area contributed by atoms with Crippen molar-refractivity contribution in [1.29, 1.82) is 0 Å². The Morgan fingerprint density at radius 2 is 1.91 bits per heavy atom. The van der Waals surface area contributed by atoms with Gasteiger partial charge in [-0.15, -0.1) is 0 Å². The fourth-order valence-corrected chi connectivity index (χ4v) is 4.08. The Hall–Kier alpha value is -1.73. The Balaban J connectivity index is 2.84. The summed E-state index contributed by atoms with van der Waals surface area (Å²) in [6, 6.07) is 5.10. The van der Waals surface area contributed by atoms with E-state index in [1.54, 1.807) is 38.3 Å². The number of pyridine rings is 1. The number of hydrogen-bond donors (Lipinski definition) is 1. The van der Waals surface area contributed by atoms with Gasteiger partial charge >= 0.3 is 5.97 Å². The van der Waals surface area contributed by atoms with Gasteiger partial charge < -0.3 is 9.84 Å². The molecule has 0 radical (unpaired) electrons. The van der Waals surface area contributed by atoms with E-state index in [1.807, 2.05) is 0 Å². The summed E-state index contributed by atoms with van der Waals surface area (Å²) in [5.41, 5.74) is 2.41. The van der Waals surface area contributed by atoms with Gasteiger partial charge in [0.2, 0.25) is 0 Å². The molecule has 1 aromatic carbocycles. The van der Waals surface area contributed by atoms with Crippen molar-refractivity contribution < 1.29 is 18.8 Å². The van der Waals surface area contributed by atoms with E-state index in [1.165, 1.54) is 7.11 Å². The predicted molar refractivity (Wildman–Crippen MR) is 92.7 cm³/mol. The quantitative estimate of drug-likeness (QED) is 0.852. The third-order valence-corrected chi connectivity index (χ3v) is 5.27. The number of hydrogen-bond acceptors (Lipinski definition) is 4. The molecule has 0 aliphatic carbocycles. The molecule has 0 aliphatic heterocycles. The van der Waals surface area contributed by atoms with Gasteiger partial charge in [0.1, 0.15) is 5.75 Å². The van der Waals surface area contributed by atoms with Gasteiger partial charge in [0.05, 0.1) is 34.1 Å². The third-order valence-electron chi connectivity index (χ3n) is 3.40. The average Bonchev–Trinajstić information content (AvgIpc) is 2.45. The fourth-order valence-electron chi connectivity index (χ4n) is 2.45. The number of carbonyl (C=O) groups is 1. The summed E-state index contributed by atoms with van der Waals surface area (Å²) in [6.07, 6.45) is 1.57. The molecule has 2 aromatic rings. The molecule has 1 heterocycles. The number of aromatic nitrogens is 1. The molecular weight excluding hydrogens is 382 g/mol. The van der Waals surface area contributed by atoms with Crippen molar-refractivity contribution >= 4 is 32.7 Å². The maximum absolute atomic E-state index is 11.8. The van der Waals surface area contributed by atoms with Crippen LogP contribution in [0.15, 0.2) is 27.6 Å². The SMILES string of the molecule is COc1cc(S(C)=O)c(Br)cc1-c1cc(C)nc(C)c1C(=O)O. The third kappa shape index (κ3) is 3.45. The highest BCUT2D eigenvalue weighted by Gasteiger charge is 2.21. The van der Waals surface area contributed by atoms with Gasteiger partial charge in [-0.05, 0) is 48.0 Å². The van der Waals surface area contributed by atoms with Gasteiger partial charge in [-0.3, -0.25) is 9.19 Å². The van der Waals surface area contributed by atoms with Crippen molar-refractivity contribution in [2.24, 2.45) is 0 Å². The summed E-state index contributed by atoms with van der Waals surface area (Å²) >= 11 is 3.40. The maximum Gasteiger partial charge on any atom is 0.338 e. The number of carboxylic acid groups (broad SMARTS) is 1. The van der Waals surface area contributed by atoms with E-state index in [-0.39, 0.29) is 5.56 Å². The van der Waals surface area contributed by atoms with Gasteiger partial charge in [0.25, 0.3) is 0 Å². The molecule has 1 N–H and O–H groups in total.